The van der Waals surface area contributed by atoms with Gasteiger partial charge in [-0.25, -0.2) is 4.39 Å². The Labute approximate surface area is 155 Å². The van der Waals surface area contributed by atoms with E-state index < -0.39 is 0 Å². The second-order valence-corrected chi connectivity index (χ2v) is 9.27. The zero-order chi connectivity index (χ0) is 17.9. The molecule has 4 nitrogen and oxygen atoms in total. The normalized spacial score (nSPS) is 32.8. The summed E-state index contributed by atoms with van der Waals surface area (Å²) < 4.78 is 21.8. The van der Waals surface area contributed by atoms with Crippen LogP contribution in [0, 0.1) is 29.0 Å². The fraction of sp³-hybridized carbons (Fsp3) is 0.600. The van der Waals surface area contributed by atoms with Gasteiger partial charge in [0.25, 0.3) is 5.91 Å². The number of ether oxygens (including phenoxy) is 1. The van der Waals surface area contributed by atoms with Crippen LogP contribution in [0.25, 0.3) is 10.2 Å². The lowest BCUT2D eigenvalue weighted by molar-refractivity contribution is -0.129. The number of methoxy groups -OCH3 is 1. The molecule has 4 saturated carbocycles. The Morgan fingerprint density at radius 3 is 2.85 bits per heavy atom. The van der Waals surface area contributed by atoms with Crippen LogP contribution in [-0.2, 0) is 16.1 Å². The molecule has 1 heterocycles. The van der Waals surface area contributed by atoms with E-state index in [-0.39, 0.29) is 17.1 Å². The topological polar surface area (TPSA) is 43.6 Å². The molecule has 0 aliphatic heterocycles. The molecule has 0 N–H and O–H groups in total. The smallest absolute Gasteiger partial charge is 0.254 e. The van der Waals surface area contributed by atoms with E-state index in [1.165, 1.54) is 42.7 Å². The van der Waals surface area contributed by atoms with E-state index >= 15 is 0 Å². The molecule has 2 unspecified atom stereocenters. The summed E-state index contributed by atoms with van der Waals surface area (Å²) in [5.74, 6) is 1.77. The maximum absolute atomic E-state index is 13.7. The molecular formula is C20H23FN2O2S. The van der Waals surface area contributed by atoms with Crippen LogP contribution in [0.3, 0.4) is 0 Å². The van der Waals surface area contributed by atoms with Crippen molar-refractivity contribution < 1.29 is 13.9 Å². The summed E-state index contributed by atoms with van der Waals surface area (Å²) in [6, 6.07) is 4.75. The first-order valence-electron chi connectivity index (χ1n) is 9.46. The third kappa shape index (κ3) is 2.42. The quantitative estimate of drug-likeness (QED) is 0.818. The lowest BCUT2D eigenvalue weighted by Crippen LogP contribution is -2.33. The van der Waals surface area contributed by atoms with Gasteiger partial charge in [0.05, 0.1) is 22.2 Å². The third-order valence-corrected chi connectivity index (χ3v) is 7.84. The van der Waals surface area contributed by atoms with Crippen LogP contribution in [0.15, 0.2) is 23.2 Å². The highest BCUT2D eigenvalue weighted by atomic mass is 32.1. The Morgan fingerprint density at radius 1 is 1.35 bits per heavy atom. The minimum absolute atomic E-state index is 0.0606. The predicted molar refractivity (Wildman–Crippen MR) is 98.2 cm³/mol. The first-order chi connectivity index (χ1) is 12.6. The molecule has 26 heavy (non-hydrogen) atoms. The fourth-order valence-electron chi connectivity index (χ4n) is 5.87. The van der Waals surface area contributed by atoms with E-state index in [0.717, 1.165) is 34.9 Å². The molecule has 138 valence electrons. The van der Waals surface area contributed by atoms with Gasteiger partial charge in [-0.2, -0.15) is 4.99 Å². The number of aromatic nitrogens is 1. The second kappa shape index (κ2) is 5.99. The molecule has 4 fully saturated rings. The Balaban J connectivity index is 1.59. The van der Waals surface area contributed by atoms with Crippen molar-refractivity contribution in [1.29, 1.82) is 0 Å². The molecule has 6 rings (SSSR count). The number of carbonyl (C=O) groups is 1. The lowest BCUT2D eigenvalue weighted by Gasteiger charge is -2.29. The van der Waals surface area contributed by atoms with Crippen molar-refractivity contribution >= 4 is 27.5 Å². The van der Waals surface area contributed by atoms with Crippen molar-refractivity contribution in [1.82, 2.24) is 4.57 Å². The van der Waals surface area contributed by atoms with E-state index in [2.05, 4.69) is 4.99 Å². The number of fused-ring (bicyclic) bond motifs is 1. The zero-order valence-electron chi connectivity index (χ0n) is 14.9. The Morgan fingerprint density at radius 2 is 2.12 bits per heavy atom. The van der Waals surface area contributed by atoms with Crippen LogP contribution in [0.5, 0.6) is 0 Å². The number of nitrogens with zero attached hydrogens (tertiary/aromatic N) is 2. The molecule has 2 atom stereocenters. The van der Waals surface area contributed by atoms with Crippen molar-refractivity contribution in [3.05, 3.63) is 28.8 Å². The summed E-state index contributed by atoms with van der Waals surface area (Å²) >= 11 is 1.47. The van der Waals surface area contributed by atoms with Crippen molar-refractivity contribution in [2.75, 3.05) is 13.7 Å². The Kier molecular flexibility index (Phi) is 3.83. The monoisotopic (exact) mass is 374 g/mol. The van der Waals surface area contributed by atoms with Crippen LogP contribution < -0.4 is 4.80 Å². The highest BCUT2D eigenvalue weighted by Gasteiger charge is 2.61. The number of hydrogen-bond acceptors (Lipinski definition) is 3. The van der Waals surface area contributed by atoms with Crippen molar-refractivity contribution in [3.63, 3.8) is 0 Å². The van der Waals surface area contributed by atoms with Crippen LogP contribution in [-0.4, -0.2) is 24.2 Å². The molecule has 1 aromatic carbocycles. The maximum atomic E-state index is 13.7. The van der Waals surface area contributed by atoms with Gasteiger partial charge in [0.15, 0.2) is 4.80 Å². The number of halogens is 1. The minimum Gasteiger partial charge on any atom is -0.383 e. The number of rotatable bonds is 4. The number of amides is 1. The Hall–Kier alpha value is -1.53. The fourth-order valence-corrected chi connectivity index (χ4v) is 6.90. The molecule has 6 heteroatoms. The van der Waals surface area contributed by atoms with Gasteiger partial charge < -0.3 is 9.30 Å². The molecule has 4 aliphatic carbocycles. The van der Waals surface area contributed by atoms with Gasteiger partial charge in [0.1, 0.15) is 5.82 Å². The first kappa shape index (κ1) is 16.6. The molecule has 2 aromatic rings. The number of hydrogen-bond donors (Lipinski definition) is 0. The summed E-state index contributed by atoms with van der Waals surface area (Å²) in [7, 11) is 1.64. The highest BCUT2D eigenvalue weighted by molar-refractivity contribution is 7.16. The molecule has 0 radical (unpaired) electrons. The van der Waals surface area contributed by atoms with Crippen LogP contribution in [0.1, 0.15) is 32.1 Å². The second-order valence-electron chi connectivity index (χ2n) is 8.26. The van der Waals surface area contributed by atoms with Crippen LogP contribution in [0.4, 0.5) is 4.39 Å². The van der Waals surface area contributed by atoms with Gasteiger partial charge >= 0.3 is 0 Å². The minimum atomic E-state index is -0.273. The highest BCUT2D eigenvalue weighted by Crippen LogP contribution is 2.65. The molecule has 0 spiro atoms. The standard InChI is InChI=1S/C20H23FN2O2S/c1-25-5-4-23-16-9-15(21)2-3-17(16)26-19(23)22-18(24)20-10-12-6-13(11-20)8-14(20)7-12/h2-3,9,12-14H,4-8,10-11H2,1H3. The molecule has 0 saturated heterocycles. The SMILES string of the molecule is COCCn1c(=NC(=O)C23CC4CC(CC2C4)C3)sc2ccc(F)cc21. The number of thiazole rings is 1. The molecule has 4 bridgehead atoms. The molecule has 1 aromatic heterocycles. The average molecular weight is 374 g/mol. The summed E-state index contributed by atoms with van der Waals surface area (Å²) in [5, 5.41) is 0. The van der Waals surface area contributed by atoms with Crippen molar-refractivity contribution in [2.24, 2.45) is 28.2 Å². The molecule has 1 amide bonds. The van der Waals surface area contributed by atoms with E-state index in [0.29, 0.717) is 23.9 Å². The van der Waals surface area contributed by atoms with E-state index in [1.54, 1.807) is 13.2 Å². The summed E-state index contributed by atoms with van der Waals surface area (Å²) in [4.78, 5) is 18.6. The van der Waals surface area contributed by atoms with Crippen molar-refractivity contribution in [3.8, 4) is 0 Å². The third-order valence-electron chi connectivity index (χ3n) is 6.78. The average Bonchev–Trinajstić information content (AvgIpc) is 3.17. The Bertz CT molecular complexity index is 933. The van der Waals surface area contributed by atoms with Gasteiger partial charge in [-0.3, -0.25) is 4.79 Å². The lowest BCUT2D eigenvalue weighted by atomic mass is 9.75. The largest absolute Gasteiger partial charge is 0.383 e. The van der Waals surface area contributed by atoms with Gasteiger partial charge in [-0.05, 0) is 68.1 Å². The van der Waals surface area contributed by atoms with Crippen molar-refractivity contribution in [2.45, 2.75) is 38.6 Å². The van der Waals surface area contributed by atoms with E-state index in [1.807, 2.05) is 4.57 Å². The molecule has 4 aliphatic rings. The van der Waals surface area contributed by atoms with Gasteiger partial charge in [0, 0.05) is 13.7 Å². The van der Waals surface area contributed by atoms with E-state index in [9.17, 15) is 9.18 Å². The van der Waals surface area contributed by atoms with Crippen LogP contribution in [0.2, 0.25) is 0 Å². The van der Waals surface area contributed by atoms with Gasteiger partial charge in [-0.1, -0.05) is 11.3 Å². The predicted octanol–water partition coefficient (Wildman–Crippen LogP) is 3.74. The summed E-state index contributed by atoms with van der Waals surface area (Å²) in [5.41, 5.74) is 0.571. The van der Waals surface area contributed by atoms with Crippen LogP contribution >= 0.6 is 11.3 Å². The number of benzene rings is 1. The first-order valence-corrected chi connectivity index (χ1v) is 10.3. The maximum Gasteiger partial charge on any atom is 0.254 e. The number of carbonyl (C=O) groups excluding carboxylic acids is 1. The van der Waals surface area contributed by atoms with Gasteiger partial charge in [0.2, 0.25) is 0 Å². The van der Waals surface area contributed by atoms with Gasteiger partial charge in [-0.15, -0.1) is 0 Å². The zero-order valence-corrected chi connectivity index (χ0v) is 15.7. The molecular weight excluding hydrogens is 351 g/mol. The summed E-state index contributed by atoms with van der Waals surface area (Å²) in [6.07, 6.45) is 5.77. The van der Waals surface area contributed by atoms with E-state index in [4.69, 9.17) is 4.74 Å². The summed E-state index contributed by atoms with van der Waals surface area (Å²) in [6.45, 7) is 1.06.